The van der Waals surface area contributed by atoms with E-state index in [0.29, 0.717) is 6.61 Å². The van der Waals surface area contributed by atoms with Crippen LogP contribution < -0.4 is 0 Å². The molecule has 1 saturated heterocycles. The largest absolute Gasteiger partial charge is 0.445 e. The van der Waals surface area contributed by atoms with Crippen LogP contribution in [-0.2, 0) is 11.3 Å². The van der Waals surface area contributed by atoms with Crippen molar-refractivity contribution in [2.75, 3.05) is 26.7 Å². The molecule has 4 heteroatoms. The summed E-state index contributed by atoms with van der Waals surface area (Å²) in [5.41, 5.74) is 1.03. The van der Waals surface area contributed by atoms with Crippen molar-refractivity contribution in [2.24, 2.45) is 5.41 Å². The van der Waals surface area contributed by atoms with Crippen LogP contribution in [0.1, 0.15) is 39.2 Å². The summed E-state index contributed by atoms with van der Waals surface area (Å²) in [6, 6.07) is 9.96. The molecule has 0 spiro atoms. The highest BCUT2D eigenvalue weighted by Crippen LogP contribution is 2.26. The second-order valence-electron chi connectivity index (χ2n) is 7.54. The minimum Gasteiger partial charge on any atom is -0.445 e. The molecule has 0 aromatic heterocycles. The molecule has 1 aliphatic heterocycles. The van der Waals surface area contributed by atoms with E-state index in [1.807, 2.05) is 37.4 Å². The lowest BCUT2D eigenvalue weighted by Gasteiger charge is -2.39. The molecule has 0 saturated carbocycles. The molecule has 0 radical (unpaired) electrons. The molecule has 1 aromatic rings. The fourth-order valence-electron chi connectivity index (χ4n) is 3.14. The zero-order valence-electron chi connectivity index (χ0n) is 14.9. The zero-order chi connectivity index (χ0) is 16.9. The zero-order valence-corrected chi connectivity index (χ0v) is 14.9. The van der Waals surface area contributed by atoms with Gasteiger partial charge in [-0.1, -0.05) is 51.1 Å². The van der Waals surface area contributed by atoms with Gasteiger partial charge in [0.2, 0.25) is 0 Å². The predicted octanol–water partition coefficient (Wildman–Crippen LogP) is 3.77. The average Bonchev–Trinajstić information content (AvgIpc) is 3.02. The van der Waals surface area contributed by atoms with Crippen molar-refractivity contribution in [3.05, 3.63) is 35.9 Å². The lowest BCUT2D eigenvalue weighted by molar-refractivity contribution is 0.0524. The van der Waals surface area contributed by atoms with Gasteiger partial charge >= 0.3 is 6.09 Å². The molecule has 0 aliphatic carbocycles. The lowest BCUT2D eigenvalue weighted by atomic mass is 9.85. The molecule has 2 rings (SSSR count). The van der Waals surface area contributed by atoms with Gasteiger partial charge < -0.3 is 14.5 Å². The van der Waals surface area contributed by atoms with Gasteiger partial charge in [0.25, 0.3) is 0 Å². The molecule has 1 aliphatic rings. The Bertz CT molecular complexity index is 490. The molecular weight excluding hydrogens is 288 g/mol. The van der Waals surface area contributed by atoms with E-state index in [1.165, 1.54) is 12.8 Å². The van der Waals surface area contributed by atoms with Crippen molar-refractivity contribution in [1.29, 1.82) is 0 Å². The topological polar surface area (TPSA) is 32.8 Å². The Balaban J connectivity index is 1.95. The standard InChI is InChI=1S/C19H30N2O2/c1-19(2,3)17(14-21-12-8-9-13-21)20(4)18(22)23-15-16-10-6-5-7-11-16/h5-7,10-11,17H,8-9,12-15H2,1-4H3/t17-/m0/s1. The number of amides is 1. The van der Waals surface area contributed by atoms with Crippen LogP contribution in [0, 0.1) is 5.41 Å². The van der Waals surface area contributed by atoms with Crippen molar-refractivity contribution < 1.29 is 9.53 Å². The summed E-state index contributed by atoms with van der Waals surface area (Å²) in [5, 5.41) is 0. The molecule has 1 heterocycles. The highest BCUT2D eigenvalue weighted by molar-refractivity contribution is 5.67. The fourth-order valence-corrected chi connectivity index (χ4v) is 3.14. The Morgan fingerprint density at radius 3 is 2.39 bits per heavy atom. The molecule has 23 heavy (non-hydrogen) atoms. The first-order chi connectivity index (χ1) is 10.9. The van der Waals surface area contributed by atoms with E-state index < -0.39 is 0 Å². The van der Waals surface area contributed by atoms with Gasteiger partial charge in [0.05, 0.1) is 6.04 Å². The normalized spacial score (nSPS) is 17.0. The molecule has 0 bridgehead atoms. The van der Waals surface area contributed by atoms with E-state index in [1.54, 1.807) is 4.90 Å². The number of ether oxygens (including phenoxy) is 1. The summed E-state index contributed by atoms with van der Waals surface area (Å²) in [6.45, 7) is 10.1. The third-order valence-electron chi connectivity index (χ3n) is 4.59. The Labute approximate surface area is 140 Å². The van der Waals surface area contributed by atoms with Crippen molar-refractivity contribution >= 4 is 6.09 Å². The minimum absolute atomic E-state index is 0.0170. The van der Waals surface area contributed by atoms with E-state index in [0.717, 1.165) is 25.2 Å². The number of carbonyl (C=O) groups is 1. The van der Waals surface area contributed by atoms with Crippen molar-refractivity contribution in [2.45, 2.75) is 46.3 Å². The first-order valence-corrected chi connectivity index (χ1v) is 8.54. The summed E-state index contributed by atoms with van der Waals surface area (Å²) < 4.78 is 5.50. The minimum atomic E-state index is -0.243. The third kappa shape index (κ3) is 5.24. The van der Waals surface area contributed by atoms with Crippen LogP contribution in [0.4, 0.5) is 4.79 Å². The van der Waals surface area contributed by atoms with E-state index in [-0.39, 0.29) is 17.6 Å². The summed E-state index contributed by atoms with van der Waals surface area (Å²) in [6.07, 6.45) is 2.28. The Hall–Kier alpha value is -1.55. The Morgan fingerprint density at radius 2 is 1.83 bits per heavy atom. The highest BCUT2D eigenvalue weighted by Gasteiger charge is 2.34. The SMILES string of the molecule is CN(C(=O)OCc1ccccc1)[C@@H](CN1CCCC1)C(C)(C)C. The van der Waals surface area contributed by atoms with Gasteiger partial charge in [0, 0.05) is 13.6 Å². The molecular formula is C19H30N2O2. The van der Waals surface area contributed by atoms with Crippen molar-refractivity contribution in [3.8, 4) is 0 Å². The third-order valence-corrected chi connectivity index (χ3v) is 4.59. The number of nitrogens with zero attached hydrogens (tertiary/aromatic N) is 2. The molecule has 0 N–H and O–H groups in total. The number of hydrogen-bond acceptors (Lipinski definition) is 3. The number of likely N-dealkylation sites (N-methyl/N-ethyl adjacent to an activating group) is 1. The fraction of sp³-hybridized carbons (Fsp3) is 0.632. The average molecular weight is 318 g/mol. The van der Waals surface area contributed by atoms with E-state index in [4.69, 9.17) is 4.74 Å². The summed E-state index contributed by atoms with van der Waals surface area (Å²) >= 11 is 0. The molecule has 1 aromatic carbocycles. The van der Waals surface area contributed by atoms with E-state index in [9.17, 15) is 4.79 Å². The number of carbonyl (C=O) groups excluding carboxylic acids is 1. The van der Waals surface area contributed by atoms with Crippen molar-refractivity contribution in [1.82, 2.24) is 9.80 Å². The first kappa shape index (κ1) is 17.8. The molecule has 1 atom stereocenters. The summed E-state index contributed by atoms with van der Waals surface area (Å²) in [7, 11) is 1.86. The maximum absolute atomic E-state index is 12.5. The van der Waals surface area contributed by atoms with Crippen LogP contribution in [0.2, 0.25) is 0 Å². The van der Waals surface area contributed by atoms with Crippen LogP contribution in [0.5, 0.6) is 0 Å². The molecule has 128 valence electrons. The summed E-state index contributed by atoms with van der Waals surface area (Å²) in [5.74, 6) is 0. The molecule has 1 fully saturated rings. The predicted molar refractivity (Wildman–Crippen MR) is 93.3 cm³/mol. The highest BCUT2D eigenvalue weighted by atomic mass is 16.6. The maximum Gasteiger partial charge on any atom is 0.410 e. The van der Waals surface area contributed by atoms with Gasteiger partial charge in [0.15, 0.2) is 0 Å². The molecule has 1 amide bonds. The molecule has 4 nitrogen and oxygen atoms in total. The van der Waals surface area contributed by atoms with Crippen LogP contribution in [0.25, 0.3) is 0 Å². The van der Waals surface area contributed by atoms with Gasteiger partial charge in [-0.2, -0.15) is 0 Å². The van der Waals surface area contributed by atoms with Crippen LogP contribution >= 0.6 is 0 Å². The second kappa shape index (κ2) is 7.82. The van der Waals surface area contributed by atoms with Gasteiger partial charge in [-0.25, -0.2) is 4.79 Å². The van der Waals surface area contributed by atoms with Crippen LogP contribution in [0.3, 0.4) is 0 Å². The quantitative estimate of drug-likeness (QED) is 0.828. The summed E-state index contributed by atoms with van der Waals surface area (Å²) in [4.78, 5) is 16.7. The van der Waals surface area contributed by atoms with Gasteiger partial charge in [-0.3, -0.25) is 0 Å². The smallest absolute Gasteiger partial charge is 0.410 e. The Kier molecular flexibility index (Phi) is 6.05. The molecule has 0 unspecified atom stereocenters. The second-order valence-corrected chi connectivity index (χ2v) is 7.54. The van der Waals surface area contributed by atoms with Gasteiger partial charge in [-0.05, 0) is 36.9 Å². The Morgan fingerprint density at radius 1 is 1.22 bits per heavy atom. The number of likely N-dealkylation sites (tertiary alicyclic amines) is 1. The van der Waals surface area contributed by atoms with Crippen LogP contribution in [0.15, 0.2) is 30.3 Å². The lowest BCUT2D eigenvalue weighted by Crippen LogP contribution is -2.51. The van der Waals surface area contributed by atoms with E-state index >= 15 is 0 Å². The first-order valence-electron chi connectivity index (χ1n) is 8.54. The van der Waals surface area contributed by atoms with Crippen molar-refractivity contribution in [3.63, 3.8) is 0 Å². The van der Waals surface area contributed by atoms with Gasteiger partial charge in [0.1, 0.15) is 6.61 Å². The number of hydrogen-bond donors (Lipinski definition) is 0. The monoisotopic (exact) mass is 318 g/mol. The van der Waals surface area contributed by atoms with E-state index in [2.05, 4.69) is 25.7 Å². The van der Waals surface area contributed by atoms with Gasteiger partial charge in [-0.15, -0.1) is 0 Å². The van der Waals surface area contributed by atoms with Crippen LogP contribution in [-0.4, -0.2) is 48.6 Å². The number of rotatable bonds is 5. The number of benzene rings is 1. The maximum atomic E-state index is 12.5.